The molecule has 1 heterocycles. The Morgan fingerprint density at radius 3 is 2.59 bits per heavy atom. The molecule has 1 atom stereocenters. The number of hydrogen-bond donors (Lipinski definition) is 1. The van der Waals surface area contributed by atoms with Crippen molar-refractivity contribution in [3.63, 3.8) is 0 Å². The smallest absolute Gasteiger partial charge is 0.243 e. The number of hydrogen-bond acceptors (Lipinski definition) is 5. The predicted molar refractivity (Wildman–Crippen MR) is 85.5 cm³/mol. The Morgan fingerprint density at radius 1 is 1.36 bits per heavy atom. The highest BCUT2D eigenvalue weighted by atomic mass is 32.2. The van der Waals surface area contributed by atoms with Crippen LogP contribution >= 0.6 is 11.8 Å². The van der Waals surface area contributed by atoms with Crippen LogP contribution in [0.15, 0.2) is 0 Å². The molecule has 2 rings (SSSR count). The molecule has 124 valence electrons. The number of Topliss-reactive ketones (excluding diaryl/α,β-unsaturated/α-hetero) is 1. The summed E-state index contributed by atoms with van der Waals surface area (Å²) in [6.07, 6.45) is 4.24. The number of ketones is 1. The third kappa shape index (κ3) is 3.71. The van der Waals surface area contributed by atoms with Gasteiger partial charge in [0.05, 0.1) is 5.25 Å². The molecule has 2 fully saturated rings. The first-order chi connectivity index (χ1) is 10.4. The van der Waals surface area contributed by atoms with Gasteiger partial charge in [-0.3, -0.25) is 19.3 Å². The molecule has 1 N–H and O–H groups in total. The standard InChI is InChI=1S/C16H25NO4S/c1-16(2,7-8-18)17-14(20)10-13(15(17)21)22-9-6-12(19)11-4-3-5-11/h11,13,18H,3-10H2,1-2H3. The van der Waals surface area contributed by atoms with E-state index >= 15 is 0 Å². The van der Waals surface area contributed by atoms with Crippen LogP contribution in [-0.2, 0) is 14.4 Å². The molecular formula is C16H25NO4S. The molecule has 22 heavy (non-hydrogen) atoms. The van der Waals surface area contributed by atoms with Gasteiger partial charge in [0.2, 0.25) is 11.8 Å². The number of aliphatic hydroxyl groups excluding tert-OH is 1. The van der Waals surface area contributed by atoms with Crippen molar-refractivity contribution < 1.29 is 19.5 Å². The number of likely N-dealkylation sites (tertiary alicyclic amines) is 1. The number of aliphatic hydroxyl groups is 1. The average Bonchev–Trinajstić information content (AvgIpc) is 2.62. The fourth-order valence-electron chi connectivity index (χ4n) is 2.99. The van der Waals surface area contributed by atoms with E-state index in [9.17, 15) is 14.4 Å². The Labute approximate surface area is 135 Å². The number of rotatable bonds is 8. The van der Waals surface area contributed by atoms with Crippen LogP contribution in [0.3, 0.4) is 0 Å². The first kappa shape index (κ1) is 17.5. The summed E-state index contributed by atoms with van der Waals surface area (Å²) in [7, 11) is 0. The van der Waals surface area contributed by atoms with E-state index in [0.29, 0.717) is 24.4 Å². The predicted octanol–water partition coefficient (Wildman–Crippen LogP) is 1.77. The topological polar surface area (TPSA) is 74.7 Å². The second-order valence-corrected chi connectivity index (χ2v) is 8.07. The van der Waals surface area contributed by atoms with Crippen LogP contribution in [0.1, 0.15) is 52.4 Å². The highest BCUT2D eigenvalue weighted by Gasteiger charge is 2.45. The van der Waals surface area contributed by atoms with Gasteiger partial charge in [-0.2, -0.15) is 0 Å². The molecule has 2 aliphatic rings. The number of carbonyl (C=O) groups is 3. The largest absolute Gasteiger partial charge is 0.396 e. The quantitative estimate of drug-likeness (QED) is 0.688. The van der Waals surface area contributed by atoms with E-state index in [1.807, 2.05) is 0 Å². The summed E-state index contributed by atoms with van der Waals surface area (Å²) in [5.41, 5.74) is -0.653. The maximum atomic E-state index is 12.4. The van der Waals surface area contributed by atoms with Crippen molar-refractivity contribution in [1.82, 2.24) is 4.90 Å². The van der Waals surface area contributed by atoms with Gasteiger partial charge in [-0.05, 0) is 33.1 Å². The van der Waals surface area contributed by atoms with E-state index in [2.05, 4.69) is 0 Å². The van der Waals surface area contributed by atoms with Crippen LogP contribution in [0.25, 0.3) is 0 Å². The van der Waals surface area contributed by atoms with E-state index < -0.39 is 5.54 Å². The van der Waals surface area contributed by atoms with Crippen LogP contribution in [0.4, 0.5) is 0 Å². The number of carbonyl (C=O) groups excluding carboxylic acids is 3. The maximum absolute atomic E-state index is 12.4. The summed E-state index contributed by atoms with van der Waals surface area (Å²) in [5, 5.41) is 8.72. The minimum Gasteiger partial charge on any atom is -0.396 e. The first-order valence-corrected chi connectivity index (χ1v) is 9.04. The summed E-state index contributed by atoms with van der Waals surface area (Å²) >= 11 is 1.42. The third-order valence-electron chi connectivity index (χ3n) is 4.66. The minimum atomic E-state index is -0.653. The van der Waals surface area contributed by atoms with E-state index in [-0.39, 0.29) is 36.0 Å². The van der Waals surface area contributed by atoms with Gasteiger partial charge >= 0.3 is 0 Å². The Hall–Kier alpha value is -0.880. The van der Waals surface area contributed by atoms with Gasteiger partial charge < -0.3 is 5.11 Å². The van der Waals surface area contributed by atoms with E-state index in [1.54, 1.807) is 13.8 Å². The summed E-state index contributed by atoms with van der Waals surface area (Å²) < 4.78 is 0. The van der Waals surface area contributed by atoms with E-state index in [0.717, 1.165) is 19.3 Å². The zero-order valence-corrected chi connectivity index (χ0v) is 14.2. The Morgan fingerprint density at radius 2 is 2.05 bits per heavy atom. The van der Waals surface area contributed by atoms with Crippen molar-refractivity contribution in [1.29, 1.82) is 0 Å². The van der Waals surface area contributed by atoms with Gasteiger partial charge in [0.25, 0.3) is 0 Å². The molecule has 0 bridgehead atoms. The van der Waals surface area contributed by atoms with Crippen LogP contribution in [0, 0.1) is 5.92 Å². The molecular weight excluding hydrogens is 302 g/mol. The average molecular weight is 327 g/mol. The van der Waals surface area contributed by atoms with Gasteiger partial charge in [-0.1, -0.05) is 6.42 Å². The maximum Gasteiger partial charge on any atom is 0.243 e. The molecule has 0 spiro atoms. The fourth-order valence-corrected chi connectivity index (χ4v) is 4.10. The van der Waals surface area contributed by atoms with Crippen LogP contribution in [0.2, 0.25) is 0 Å². The SMILES string of the molecule is CC(C)(CCO)N1C(=O)CC(SCCC(=O)C2CCC2)C1=O. The molecule has 6 heteroatoms. The lowest BCUT2D eigenvalue weighted by molar-refractivity contribution is -0.144. The molecule has 1 unspecified atom stereocenters. The summed E-state index contributed by atoms with van der Waals surface area (Å²) in [6.45, 7) is 3.54. The Bertz CT molecular complexity index is 459. The molecule has 2 amide bonds. The van der Waals surface area contributed by atoms with E-state index in [1.165, 1.54) is 16.7 Å². The van der Waals surface area contributed by atoms with Crippen LogP contribution in [0.5, 0.6) is 0 Å². The highest BCUT2D eigenvalue weighted by molar-refractivity contribution is 8.00. The van der Waals surface area contributed by atoms with E-state index in [4.69, 9.17) is 5.11 Å². The summed E-state index contributed by atoms with van der Waals surface area (Å²) in [6, 6.07) is 0. The normalized spacial score (nSPS) is 23.0. The monoisotopic (exact) mass is 327 g/mol. The Balaban J connectivity index is 1.84. The van der Waals surface area contributed by atoms with Crippen molar-refractivity contribution in [2.45, 2.75) is 63.2 Å². The van der Waals surface area contributed by atoms with Crippen LogP contribution < -0.4 is 0 Å². The molecule has 1 aliphatic heterocycles. The number of imide groups is 1. The minimum absolute atomic E-state index is 0.0578. The van der Waals surface area contributed by atoms with Gasteiger partial charge in [-0.25, -0.2) is 0 Å². The zero-order chi connectivity index (χ0) is 16.3. The lowest BCUT2D eigenvalue weighted by Gasteiger charge is -2.33. The van der Waals surface area contributed by atoms with Gasteiger partial charge in [-0.15, -0.1) is 11.8 Å². The molecule has 0 aromatic rings. The molecule has 0 aromatic heterocycles. The van der Waals surface area contributed by atoms with Gasteiger partial charge in [0.1, 0.15) is 5.78 Å². The molecule has 0 aromatic carbocycles. The number of amides is 2. The molecule has 1 saturated carbocycles. The van der Waals surface area contributed by atoms with Crippen molar-refractivity contribution in [3.8, 4) is 0 Å². The fraction of sp³-hybridized carbons (Fsp3) is 0.812. The summed E-state index contributed by atoms with van der Waals surface area (Å²) in [5.74, 6) is 0.790. The van der Waals surface area contributed by atoms with Gasteiger partial charge in [0.15, 0.2) is 0 Å². The van der Waals surface area contributed by atoms with Crippen molar-refractivity contribution in [3.05, 3.63) is 0 Å². The second-order valence-electron chi connectivity index (χ2n) is 6.76. The molecule has 0 radical (unpaired) electrons. The third-order valence-corrected chi connectivity index (χ3v) is 5.87. The Kier molecular flexibility index (Phi) is 5.66. The van der Waals surface area contributed by atoms with Crippen molar-refractivity contribution >= 4 is 29.4 Å². The van der Waals surface area contributed by atoms with Crippen LogP contribution in [-0.4, -0.2) is 50.8 Å². The zero-order valence-electron chi connectivity index (χ0n) is 13.3. The molecule has 1 aliphatic carbocycles. The lowest BCUT2D eigenvalue weighted by Crippen LogP contribution is -2.48. The lowest BCUT2D eigenvalue weighted by atomic mass is 9.81. The molecule has 1 saturated heterocycles. The van der Waals surface area contributed by atoms with Gasteiger partial charge in [0, 0.05) is 36.7 Å². The first-order valence-electron chi connectivity index (χ1n) is 7.99. The number of nitrogens with zero attached hydrogens (tertiary/aromatic N) is 1. The van der Waals surface area contributed by atoms with Crippen molar-refractivity contribution in [2.75, 3.05) is 12.4 Å². The number of thioether (sulfide) groups is 1. The summed E-state index contributed by atoms with van der Waals surface area (Å²) in [4.78, 5) is 37.7. The van der Waals surface area contributed by atoms with Crippen molar-refractivity contribution in [2.24, 2.45) is 5.92 Å². The molecule has 5 nitrogen and oxygen atoms in total. The highest BCUT2D eigenvalue weighted by Crippen LogP contribution is 2.33. The second kappa shape index (κ2) is 7.13.